The van der Waals surface area contributed by atoms with Gasteiger partial charge in [0.1, 0.15) is 11.4 Å². The summed E-state index contributed by atoms with van der Waals surface area (Å²) in [4.78, 5) is 35.1. The Balaban J connectivity index is 1.60. The number of ether oxygens (including phenoxy) is 1. The van der Waals surface area contributed by atoms with Crippen molar-refractivity contribution in [3.63, 3.8) is 0 Å². The van der Waals surface area contributed by atoms with Crippen molar-refractivity contribution in [2.75, 3.05) is 30.8 Å². The number of carbonyl (C=O) groups excluding carboxylic acids is 2. The van der Waals surface area contributed by atoms with E-state index in [1.165, 1.54) is 6.08 Å². The van der Waals surface area contributed by atoms with Crippen LogP contribution in [0.25, 0.3) is 0 Å². The quantitative estimate of drug-likeness (QED) is 0.388. The number of primary amides is 1. The largest absolute Gasteiger partial charge is 0.437 e. The lowest BCUT2D eigenvalue weighted by atomic mass is 10.1. The number of benzene rings is 1. The van der Waals surface area contributed by atoms with E-state index in [1.54, 1.807) is 30.5 Å². The van der Waals surface area contributed by atoms with Gasteiger partial charge in [-0.2, -0.15) is 10.1 Å². The summed E-state index contributed by atoms with van der Waals surface area (Å²) in [5.74, 6) is -0.204. The summed E-state index contributed by atoms with van der Waals surface area (Å²) in [5.41, 5.74) is 7.30. The Morgan fingerprint density at radius 1 is 1.25 bits per heavy atom. The molecule has 188 valence electrons. The first-order valence-corrected chi connectivity index (χ1v) is 11.8. The Kier molecular flexibility index (Phi) is 7.59. The molecule has 2 aromatic heterocycles. The molecule has 0 atom stereocenters. The molecule has 11 nitrogen and oxygen atoms in total. The number of hydrogen-bond acceptors (Lipinski definition) is 8. The number of nitrogens with zero attached hydrogens (tertiary/aromatic N) is 5. The molecule has 0 saturated carbocycles. The average molecular weight is 491 g/mol. The fourth-order valence-electron chi connectivity index (χ4n) is 3.97. The van der Waals surface area contributed by atoms with Crippen LogP contribution in [0.3, 0.4) is 0 Å². The summed E-state index contributed by atoms with van der Waals surface area (Å²) in [7, 11) is 2.11. The van der Waals surface area contributed by atoms with E-state index < -0.39 is 5.91 Å². The van der Waals surface area contributed by atoms with Gasteiger partial charge in [-0.25, -0.2) is 4.98 Å². The molecule has 4 rings (SSSR count). The van der Waals surface area contributed by atoms with Crippen molar-refractivity contribution in [2.45, 2.75) is 32.2 Å². The van der Waals surface area contributed by atoms with Gasteiger partial charge >= 0.3 is 0 Å². The summed E-state index contributed by atoms with van der Waals surface area (Å²) < 4.78 is 7.95. The zero-order chi connectivity index (χ0) is 25.7. The van der Waals surface area contributed by atoms with Crippen LogP contribution >= 0.6 is 0 Å². The van der Waals surface area contributed by atoms with Gasteiger partial charge in [-0.05, 0) is 57.6 Å². The van der Waals surface area contributed by atoms with E-state index in [0.29, 0.717) is 35.3 Å². The van der Waals surface area contributed by atoms with E-state index >= 15 is 0 Å². The average Bonchev–Trinajstić information content (AvgIpc) is 3.33. The van der Waals surface area contributed by atoms with Crippen LogP contribution in [-0.2, 0) is 11.2 Å². The number of hydrogen-bond donors (Lipinski definition) is 3. The molecule has 36 heavy (non-hydrogen) atoms. The van der Waals surface area contributed by atoms with Crippen molar-refractivity contribution in [3.05, 3.63) is 60.7 Å². The monoisotopic (exact) mass is 490 g/mol. The molecule has 2 amide bonds. The molecule has 1 fully saturated rings. The van der Waals surface area contributed by atoms with Gasteiger partial charge in [0.05, 0.1) is 17.9 Å². The lowest BCUT2D eigenvalue weighted by Gasteiger charge is -2.28. The summed E-state index contributed by atoms with van der Waals surface area (Å²) in [6, 6.07) is 7.16. The highest BCUT2D eigenvalue weighted by molar-refractivity contribution is 5.99. The molecule has 1 aliphatic heterocycles. The zero-order valence-corrected chi connectivity index (χ0v) is 20.4. The molecule has 3 aromatic rings. The van der Waals surface area contributed by atoms with Gasteiger partial charge in [-0.15, -0.1) is 0 Å². The van der Waals surface area contributed by atoms with E-state index in [1.807, 2.05) is 17.8 Å². The van der Waals surface area contributed by atoms with Crippen LogP contribution in [0.4, 0.5) is 17.2 Å². The van der Waals surface area contributed by atoms with Crippen LogP contribution in [0.5, 0.6) is 11.6 Å². The topological polar surface area (TPSA) is 140 Å². The number of nitrogens with one attached hydrogen (secondary N) is 2. The lowest BCUT2D eigenvalue weighted by molar-refractivity contribution is -0.111. The molecule has 1 aromatic carbocycles. The minimum absolute atomic E-state index is 0.0123. The van der Waals surface area contributed by atoms with Gasteiger partial charge in [-0.1, -0.05) is 19.6 Å². The van der Waals surface area contributed by atoms with E-state index in [4.69, 9.17) is 10.5 Å². The molecule has 0 bridgehead atoms. The van der Waals surface area contributed by atoms with Crippen molar-refractivity contribution in [1.29, 1.82) is 0 Å². The minimum Gasteiger partial charge on any atom is -0.437 e. The number of aromatic nitrogens is 4. The number of carbonyl (C=O) groups is 2. The second kappa shape index (κ2) is 11.0. The van der Waals surface area contributed by atoms with E-state index in [-0.39, 0.29) is 23.3 Å². The molecule has 11 heteroatoms. The van der Waals surface area contributed by atoms with Crippen LogP contribution in [-0.4, -0.2) is 56.6 Å². The molecule has 1 aliphatic rings. The van der Waals surface area contributed by atoms with E-state index in [2.05, 4.69) is 44.2 Å². The number of aryl methyl sites for hydroxylation is 1. The minimum atomic E-state index is -0.705. The van der Waals surface area contributed by atoms with Crippen molar-refractivity contribution in [2.24, 2.45) is 5.73 Å². The Labute approximate surface area is 209 Å². The number of nitrogens with two attached hydrogens (primary N) is 1. The van der Waals surface area contributed by atoms with Crippen LogP contribution in [0.1, 0.15) is 42.0 Å². The summed E-state index contributed by atoms with van der Waals surface area (Å²) in [6.07, 6.45) is 7.25. The zero-order valence-electron chi connectivity index (χ0n) is 20.4. The molecular weight excluding hydrogens is 460 g/mol. The Bertz CT molecular complexity index is 1260. The van der Waals surface area contributed by atoms with Crippen LogP contribution < -0.4 is 21.1 Å². The molecule has 0 radical (unpaired) electrons. The summed E-state index contributed by atoms with van der Waals surface area (Å²) in [5, 5.41) is 10.3. The molecule has 1 saturated heterocycles. The lowest BCUT2D eigenvalue weighted by Crippen LogP contribution is -2.31. The number of piperidine rings is 1. The van der Waals surface area contributed by atoms with Gasteiger partial charge < -0.3 is 26.0 Å². The summed E-state index contributed by atoms with van der Waals surface area (Å²) in [6.45, 7) is 7.36. The van der Waals surface area contributed by atoms with Crippen LogP contribution in [0.15, 0.2) is 49.3 Å². The first kappa shape index (κ1) is 24.9. The number of rotatable bonds is 9. The highest BCUT2D eigenvalue weighted by Gasteiger charge is 2.21. The van der Waals surface area contributed by atoms with Gasteiger partial charge in [0, 0.05) is 18.0 Å². The highest BCUT2D eigenvalue weighted by Crippen LogP contribution is 2.29. The molecule has 0 unspecified atom stereocenters. The number of likely N-dealkylation sites (tertiary alicyclic amines) is 1. The summed E-state index contributed by atoms with van der Waals surface area (Å²) >= 11 is 0. The highest BCUT2D eigenvalue weighted by atomic mass is 16.5. The first-order chi connectivity index (χ1) is 17.4. The fraction of sp³-hybridized carbons (Fsp3) is 0.320. The maximum Gasteiger partial charge on any atom is 0.271 e. The van der Waals surface area contributed by atoms with Crippen molar-refractivity contribution in [1.82, 2.24) is 24.6 Å². The Morgan fingerprint density at radius 2 is 2.03 bits per heavy atom. The van der Waals surface area contributed by atoms with Crippen LogP contribution in [0, 0.1) is 0 Å². The Morgan fingerprint density at radius 3 is 2.72 bits per heavy atom. The standard InChI is InChI=1S/C25H30N8O3/c1-4-20-25(36-19-8-6-7-16(13-19)28-21(34)5-2)31-24(22(30-20)23(26)35)29-17-14-27-33(15-17)18-9-11-32(3)12-10-18/h5-8,13-15,18H,2,4,9-12H2,1,3H3,(H2,26,35)(H,28,34)(H,29,31). The second-order valence-electron chi connectivity index (χ2n) is 8.58. The van der Waals surface area contributed by atoms with Crippen molar-refractivity contribution in [3.8, 4) is 11.6 Å². The molecule has 0 aliphatic carbocycles. The van der Waals surface area contributed by atoms with E-state index in [0.717, 1.165) is 25.9 Å². The maximum absolute atomic E-state index is 12.2. The van der Waals surface area contributed by atoms with Gasteiger partial charge in [0.25, 0.3) is 5.91 Å². The van der Waals surface area contributed by atoms with Gasteiger partial charge in [0.15, 0.2) is 11.5 Å². The molecule has 0 spiro atoms. The normalized spacial score (nSPS) is 14.3. The van der Waals surface area contributed by atoms with Gasteiger partial charge in [-0.3, -0.25) is 14.3 Å². The molecule has 4 N–H and O–H groups in total. The smallest absolute Gasteiger partial charge is 0.271 e. The second-order valence-corrected chi connectivity index (χ2v) is 8.58. The predicted molar refractivity (Wildman–Crippen MR) is 137 cm³/mol. The van der Waals surface area contributed by atoms with Gasteiger partial charge in [0.2, 0.25) is 11.8 Å². The predicted octanol–water partition coefficient (Wildman–Crippen LogP) is 3.26. The van der Waals surface area contributed by atoms with E-state index in [9.17, 15) is 9.59 Å². The van der Waals surface area contributed by atoms with Crippen molar-refractivity contribution >= 4 is 29.0 Å². The maximum atomic E-state index is 12.2. The van der Waals surface area contributed by atoms with Crippen LogP contribution in [0.2, 0.25) is 0 Å². The fourth-order valence-corrected chi connectivity index (χ4v) is 3.97. The third-order valence-corrected chi connectivity index (χ3v) is 5.93. The third-order valence-electron chi connectivity index (χ3n) is 5.93. The van der Waals surface area contributed by atoms with Crippen molar-refractivity contribution < 1.29 is 14.3 Å². The molecular formula is C25H30N8O3. The SMILES string of the molecule is C=CC(=O)Nc1cccc(Oc2nc(Nc3cnn(C4CCN(C)CC4)c3)c(C(N)=O)nc2CC)c1. The first-order valence-electron chi connectivity index (χ1n) is 11.8. The molecule has 3 heterocycles. The number of amides is 2. The third kappa shape index (κ3) is 5.87. The number of anilines is 3. The Hall–Kier alpha value is -4.25.